The van der Waals surface area contributed by atoms with E-state index in [4.69, 9.17) is 4.74 Å². The van der Waals surface area contributed by atoms with Crippen LogP contribution in [0.1, 0.15) is 16.2 Å². The summed E-state index contributed by atoms with van der Waals surface area (Å²) in [5, 5.41) is 0. The van der Waals surface area contributed by atoms with Crippen molar-refractivity contribution in [3.05, 3.63) is 53.9 Å². The molecule has 0 amide bonds. The topological polar surface area (TPSA) is 43.6 Å². The van der Waals surface area contributed by atoms with Gasteiger partial charge in [-0.1, -0.05) is 18.2 Å². The van der Waals surface area contributed by atoms with Crippen LogP contribution in [0.5, 0.6) is 5.75 Å². The number of methoxy groups -OCH3 is 1. The van der Waals surface area contributed by atoms with E-state index in [0.29, 0.717) is 5.69 Å². The van der Waals surface area contributed by atoms with Crippen LogP contribution in [0.25, 0.3) is 16.9 Å². The molecule has 2 heterocycles. The molecule has 0 saturated heterocycles. The van der Waals surface area contributed by atoms with Gasteiger partial charge in [0.1, 0.15) is 17.3 Å². The normalized spacial score (nSPS) is 10.7. The number of carbonyl (C=O) groups is 1. The second kappa shape index (κ2) is 4.81. The highest BCUT2D eigenvalue weighted by atomic mass is 16.5. The van der Waals surface area contributed by atoms with E-state index in [0.717, 1.165) is 34.6 Å². The zero-order valence-electron chi connectivity index (χ0n) is 11.3. The number of hydrogen-bond acceptors (Lipinski definition) is 3. The molecular weight excluding hydrogens is 252 g/mol. The Morgan fingerprint density at radius 3 is 2.75 bits per heavy atom. The first-order valence-corrected chi connectivity index (χ1v) is 6.32. The second-order valence-corrected chi connectivity index (χ2v) is 4.56. The lowest BCUT2D eigenvalue weighted by Gasteiger charge is -2.06. The van der Waals surface area contributed by atoms with Gasteiger partial charge in [0.2, 0.25) is 0 Å². The summed E-state index contributed by atoms with van der Waals surface area (Å²) in [5.41, 5.74) is 3.21. The van der Waals surface area contributed by atoms with Gasteiger partial charge in [0.05, 0.1) is 12.6 Å². The van der Waals surface area contributed by atoms with Crippen LogP contribution in [-0.4, -0.2) is 22.8 Å². The molecule has 3 aromatic rings. The van der Waals surface area contributed by atoms with Crippen molar-refractivity contribution in [3.63, 3.8) is 0 Å². The van der Waals surface area contributed by atoms with Gasteiger partial charge >= 0.3 is 0 Å². The number of aldehydes is 1. The number of carbonyl (C=O) groups excluding carboxylic acids is 1. The van der Waals surface area contributed by atoms with Crippen LogP contribution in [0.3, 0.4) is 0 Å². The second-order valence-electron chi connectivity index (χ2n) is 4.56. The molecule has 0 spiro atoms. The average Bonchev–Trinajstić information content (AvgIpc) is 2.87. The quantitative estimate of drug-likeness (QED) is 0.684. The van der Waals surface area contributed by atoms with Gasteiger partial charge in [-0.25, -0.2) is 4.98 Å². The maximum absolute atomic E-state index is 11.2. The molecule has 0 aliphatic rings. The van der Waals surface area contributed by atoms with Gasteiger partial charge in [0, 0.05) is 11.3 Å². The van der Waals surface area contributed by atoms with Gasteiger partial charge in [-0.15, -0.1) is 0 Å². The summed E-state index contributed by atoms with van der Waals surface area (Å²) in [5.74, 6) is 1.51. The van der Waals surface area contributed by atoms with Crippen LogP contribution >= 0.6 is 0 Å². The van der Waals surface area contributed by atoms with Crippen molar-refractivity contribution in [3.8, 4) is 17.1 Å². The van der Waals surface area contributed by atoms with Crippen LogP contribution in [0.2, 0.25) is 0 Å². The minimum Gasteiger partial charge on any atom is -0.497 e. The lowest BCUT2D eigenvalue weighted by molar-refractivity contribution is 0.112. The van der Waals surface area contributed by atoms with Crippen molar-refractivity contribution in [2.24, 2.45) is 0 Å². The number of imidazole rings is 1. The predicted octanol–water partition coefficient (Wildman–Crippen LogP) is 3.13. The molecule has 4 nitrogen and oxygen atoms in total. The fourth-order valence-electron chi connectivity index (χ4n) is 2.36. The Hall–Kier alpha value is -2.62. The number of benzene rings is 1. The molecule has 0 fully saturated rings. The number of fused-ring (bicyclic) bond motifs is 1. The third kappa shape index (κ3) is 1.86. The van der Waals surface area contributed by atoms with Crippen molar-refractivity contribution < 1.29 is 9.53 Å². The average molecular weight is 266 g/mol. The molecule has 1 aromatic carbocycles. The smallest absolute Gasteiger partial charge is 0.170 e. The Bertz CT molecular complexity index is 790. The van der Waals surface area contributed by atoms with Crippen molar-refractivity contribution in [2.45, 2.75) is 6.92 Å². The zero-order valence-corrected chi connectivity index (χ0v) is 11.3. The first kappa shape index (κ1) is 12.4. The molecule has 20 heavy (non-hydrogen) atoms. The van der Waals surface area contributed by atoms with Crippen LogP contribution in [-0.2, 0) is 0 Å². The van der Waals surface area contributed by atoms with Crippen molar-refractivity contribution in [1.82, 2.24) is 9.38 Å². The van der Waals surface area contributed by atoms with Gasteiger partial charge in [-0.3, -0.25) is 9.20 Å². The number of pyridine rings is 1. The number of nitrogens with zero attached hydrogens (tertiary/aromatic N) is 2. The standard InChI is InChI=1S/C16H14N2O2/c1-11-5-3-8-15-14(10-19)17-16(18(11)15)12-6-4-7-13(9-12)20-2/h3-10H,1-2H3. The molecule has 3 rings (SSSR count). The molecule has 4 heteroatoms. The summed E-state index contributed by atoms with van der Waals surface area (Å²) in [7, 11) is 1.63. The highest BCUT2D eigenvalue weighted by molar-refractivity contribution is 5.86. The van der Waals surface area contributed by atoms with Crippen LogP contribution < -0.4 is 4.74 Å². The molecule has 0 aliphatic carbocycles. The first-order chi connectivity index (χ1) is 9.74. The fourth-order valence-corrected chi connectivity index (χ4v) is 2.36. The van der Waals surface area contributed by atoms with E-state index in [9.17, 15) is 4.79 Å². The maximum atomic E-state index is 11.2. The van der Waals surface area contributed by atoms with E-state index in [1.165, 1.54) is 0 Å². The number of hydrogen-bond donors (Lipinski definition) is 0. The van der Waals surface area contributed by atoms with Gasteiger partial charge in [-0.2, -0.15) is 0 Å². The number of rotatable bonds is 3. The zero-order chi connectivity index (χ0) is 14.1. The van der Waals surface area contributed by atoms with Gasteiger partial charge < -0.3 is 4.74 Å². The summed E-state index contributed by atoms with van der Waals surface area (Å²) in [6, 6.07) is 13.5. The van der Waals surface area contributed by atoms with E-state index in [1.54, 1.807) is 7.11 Å². The van der Waals surface area contributed by atoms with Crippen LogP contribution in [0.15, 0.2) is 42.5 Å². The Morgan fingerprint density at radius 2 is 2.00 bits per heavy atom. The van der Waals surface area contributed by atoms with E-state index >= 15 is 0 Å². The molecule has 0 unspecified atom stereocenters. The lowest BCUT2D eigenvalue weighted by Crippen LogP contribution is -1.94. The summed E-state index contributed by atoms with van der Waals surface area (Å²) in [6.07, 6.45) is 0.790. The van der Waals surface area contributed by atoms with Crippen LogP contribution in [0.4, 0.5) is 0 Å². The molecule has 2 aromatic heterocycles. The van der Waals surface area contributed by atoms with E-state index < -0.39 is 0 Å². The van der Waals surface area contributed by atoms with Gasteiger partial charge in [0.15, 0.2) is 6.29 Å². The van der Waals surface area contributed by atoms with Crippen LogP contribution in [0, 0.1) is 6.92 Å². The minimum absolute atomic E-state index is 0.450. The molecule has 0 radical (unpaired) electrons. The van der Waals surface area contributed by atoms with E-state index in [2.05, 4.69) is 4.98 Å². The summed E-state index contributed by atoms with van der Waals surface area (Å²) < 4.78 is 7.23. The summed E-state index contributed by atoms with van der Waals surface area (Å²) in [4.78, 5) is 15.7. The maximum Gasteiger partial charge on any atom is 0.170 e. The fraction of sp³-hybridized carbons (Fsp3) is 0.125. The highest BCUT2D eigenvalue weighted by Crippen LogP contribution is 2.26. The number of aryl methyl sites for hydroxylation is 1. The number of ether oxygens (including phenoxy) is 1. The highest BCUT2D eigenvalue weighted by Gasteiger charge is 2.13. The van der Waals surface area contributed by atoms with Crippen molar-refractivity contribution in [1.29, 1.82) is 0 Å². The molecular formula is C16H14N2O2. The molecule has 0 aliphatic heterocycles. The minimum atomic E-state index is 0.450. The van der Waals surface area contributed by atoms with Gasteiger partial charge in [0.25, 0.3) is 0 Å². The molecule has 0 atom stereocenters. The van der Waals surface area contributed by atoms with Gasteiger partial charge in [-0.05, 0) is 31.2 Å². The van der Waals surface area contributed by atoms with Crippen molar-refractivity contribution in [2.75, 3.05) is 7.11 Å². The SMILES string of the molecule is COc1cccc(-c2nc(C=O)c3cccc(C)n23)c1. The van der Waals surface area contributed by atoms with Crippen molar-refractivity contribution >= 4 is 11.8 Å². The Morgan fingerprint density at radius 1 is 1.20 bits per heavy atom. The van der Waals surface area contributed by atoms with E-state index in [1.807, 2.05) is 53.8 Å². The third-order valence-electron chi connectivity index (χ3n) is 3.33. The largest absolute Gasteiger partial charge is 0.497 e. The Balaban J connectivity index is 2.33. The number of aromatic nitrogens is 2. The first-order valence-electron chi connectivity index (χ1n) is 6.32. The molecule has 0 N–H and O–H groups in total. The third-order valence-corrected chi connectivity index (χ3v) is 3.33. The van der Waals surface area contributed by atoms with E-state index in [-0.39, 0.29) is 0 Å². The summed E-state index contributed by atoms with van der Waals surface area (Å²) >= 11 is 0. The summed E-state index contributed by atoms with van der Waals surface area (Å²) in [6.45, 7) is 1.99. The Kier molecular flexibility index (Phi) is 2.99. The monoisotopic (exact) mass is 266 g/mol. The predicted molar refractivity (Wildman–Crippen MR) is 77.3 cm³/mol. The molecule has 100 valence electrons. The molecule has 0 bridgehead atoms. The lowest BCUT2D eigenvalue weighted by atomic mass is 10.2. The Labute approximate surface area is 116 Å². The molecule has 0 saturated carbocycles.